The molecule has 114 valence electrons. The summed E-state index contributed by atoms with van der Waals surface area (Å²) >= 11 is 0. The molecule has 3 aromatic rings. The first kappa shape index (κ1) is 14.8. The van der Waals surface area contributed by atoms with Gasteiger partial charge < -0.3 is 5.32 Å². The number of aromatic nitrogens is 3. The Hall–Kier alpha value is -3.13. The third-order valence-electron chi connectivity index (χ3n) is 3.70. The van der Waals surface area contributed by atoms with E-state index in [0.717, 1.165) is 28.1 Å². The topological polar surface area (TPSA) is 66.5 Å². The molecule has 0 aliphatic rings. The van der Waals surface area contributed by atoms with Crippen LogP contribution in [0.4, 0.5) is 5.69 Å². The minimum atomic E-state index is 0.648. The summed E-state index contributed by atoms with van der Waals surface area (Å²) in [5.74, 6) is 0. The molecular weight excluding hydrogens is 286 g/mol. The Morgan fingerprint density at radius 3 is 2.70 bits per heavy atom. The maximum absolute atomic E-state index is 8.91. The van der Waals surface area contributed by atoms with E-state index in [9.17, 15) is 0 Å². The molecule has 0 saturated carbocycles. The molecule has 0 atom stereocenters. The summed E-state index contributed by atoms with van der Waals surface area (Å²) in [6.07, 6.45) is 5.62. The minimum absolute atomic E-state index is 0.648. The molecule has 1 N–H and O–H groups in total. The maximum Gasteiger partial charge on any atom is 0.0991 e. The van der Waals surface area contributed by atoms with Crippen molar-refractivity contribution in [3.8, 4) is 17.3 Å². The van der Waals surface area contributed by atoms with Gasteiger partial charge in [-0.05, 0) is 30.7 Å². The molecule has 23 heavy (non-hydrogen) atoms. The van der Waals surface area contributed by atoms with Crippen molar-refractivity contribution in [2.75, 3.05) is 5.32 Å². The third-order valence-corrected chi connectivity index (χ3v) is 3.70. The molecule has 0 fully saturated rings. The van der Waals surface area contributed by atoms with E-state index in [0.29, 0.717) is 12.1 Å². The second-order valence-electron chi connectivity index (χ2n) is 5.41. The van der Waals surface area contributed by atoms with Gasteiger partial charge in [0.25, 0.3) is 0 Å². The lowest BCUT2D eigenvalue weighted by atomic mass is 10.1. The van der Waals surface area contributed by atoms with Gasteiger partial charge in [0.2, 0.25) is 0 Å². The van der Waals surface area contributed by atoms with Gasteiger partial charge in [0.1, 0.15) is 0 Å². The largest absolute Gasteiger partial charge is 0.379 e. The van der Waals surface area contributed by atoms with Gasteiger partial charge in [0.15, 0.2) is 0 Å². The quantitative estimate of drug-likeness (QED) is 0.803. The molecular formula is C18H17N5. The van der Waals surface area contributed by atoms with Crippen molar-refractivity contribution in [3.63, 3.8) is 0 Å². The van der Waals surface area contributed by atoms with Crippen LogP contribution in [0.2, 0.25) is 0 Å². The number of nitrogens with one attached hydrogen (secondary N) is 1. The predicted molar refractivity (Wildman–Crippen MR) is 89.7 cm³/mol. The van der Waals surface area contributed by atoms with Crippen molar-refractivity contribution in [1.29, 1.82) is 5.26 Å². The van der Waals surface area contributed by atoms with Gasteiger partial charge >= 0.3 is 0 Å². The summed E-state index contributed by atoms with van der Waals surface area (Å²) in [5, 5.41) is 16.9. The highest BCUT2D eigenvalue weighted by Crippen LogP contribution is 2.23. The number of anilines is 1. The zero-order valence-corrected chi connectivity index (χ0v) is 13.1. The summed E-state index contributed by atoms with van der Waals surface area (Å²) < 4.78 is 1.81. The highest BCUT2D eigenvalue weighted by atomic mass is 15.3. The second kappa shape index (κ2) is 6.32. The average molecular weight is 303 g/mol. The van der Waals surface area contributed by atoms with E-state index in [1.165, 1.54) is 0 Å². The van der Waals surface area contributed by atoms with Crippen LogP contribution >= 0.6 is 0 Å². The van der Waals surface area contributed by atoms with Crippen LogP contribution < -0.4 is 5.32 Å². The lowest BCUT2D eigenvalue weighted by molar-refractivity contribution is 0.770. The highest BCUT2D eigenvalue weighted by molar-refractivity contribution is 5.64. The first-order valence-corrected chi connectivity index (χ1v) is 7.35. The normalized spacial score (nSPS) is 10.3. The Morgan fingerprint density at radius 1 is 1.22 bits per heavy atom. The molecule has 0 bridgehead atoms. The predicted octanol–water partition coefficient (Wildman–Crippen LogP) is 3.27. The molecule has 0 spiro atoms. The van der Waals surface area contributed by atoms with E-state index >= 15 is 0 Å². The SMILES string of the molecule is Cc1ccncc1NCc1cn(C)nc1-c1ccc(C#N)cc1. The number of benzene rings is 1. The summed E-state index contributed by atoms with van der Waals surface area (Å²) in [5.41, 5.74) is 5.84. The Morgan fingerprint density at radius 2 is 2.00 bits per heavy atom. The first-order chi connectivity index (χ1) is 11.2. The van der Waals surface area contributed by atoms with Crippen LogP contribution in [-0.2, 0) is 13.6 Å². The van der Waals surface area contributed by atoms with E-state index in [-0.39, 0.29) is 0 Å². The van der Waals surface area contributed by atoms with Crippen molar-refractivity contribution in [3.05, 3.63) is 65.6 Å². The van der Waals surface area contributed by atoms with Crippen molar-refractivity contribution in [2.45, 2.75) is 13.5 Å². The van der Waals surface area contributed by atoms with Crippen LogP contribution in [0.3, 0.4) is 0 Å². The smallest absolute Gasteiger partial charge is 0.0991 e. The number of nitriles is 1. The van der Waals surface area contributed by atoms with Gasteiger partial charge in [0.05, 0.1) is 29.2 Å². The van der Waals surface area contributed by atoms with Gasteiger partial charge in [-0.3, -0.25) is 9.67 Å². The summed E-state index contributed by atoms with van der Waals surface area (Å²) in [6, 6.07) is 11.6. The van der Waals surface area contributed by atoms with E-state index in [4.69, 9.17) is 5.26 Å². The van der Waals surface area contributed by atoms with Gasteiger partial charge in [-0.25, -0.2) is 0 Å². The number of pyridine rings is 1. The monoisotopic (exact) mass is 303 g/mol. The lowest BCUT2D eigenvalue weighted by Crippen LogP contribution is -2.02. The zero-order chi connectivity index (χ0) is 16.2. The standard InChI is InChI=1S/C18H17N5/c1-13-7-8-20-11-17(13)21-10-16-12-23(2)22-18(16)15-5-3-14(9-19)4-6-15/h3-8,11-12,21H,10H2,1-2H3. The lowest BCUT2D eigenvalue weighted by Gasteiger charge is -2.08. The Labute approximate surface area is 135 Å². The van der Waals surface area contributed by atoms with Gasteiger partial charge in [-0.15, -0.1) is 0 Å². The van der Waals surface area contributed by atoms with Crippen LogP contribution in [-0.4, -0.2) is 14.8 Å². The molecule has 0 radical (unpaired) electrons. The molecule has 5 nitrogen and oxygen atoms in total. The Kier molecular flexibility index (Phi) is 4.07. The number of rotatable bonds is 4. The molecule has 2 aromatic heterocycles. The average Bonchev–Trinajstić information content (AvgIpc) is 2.95. The fourth-order valence-electron chi connectivity index (χ4n) is 2.45. The highest BCUT2D eigenvalue weighted by Gasteiger charge is 2.10. The first-order valence-electron chi connectivity index (χ1n) is 7.35. The van der Waals surface area contributed by atoms with Crippen LogP contribution in [0.25, 0.3) is 11.3 Å². The second-order valence-corrected chi connectivity index (χ2v) is 5.41. The van der Waals surface area contributed by atoms with E-state index in [1.54, 1.807) is 10.9 Å². The van der Waals surface area contributed by atoms with Gasteiger partial charge in [-0.1, -0.05) is 12.1 Å². The molecule has 3 rings (SSSR count). The van der Waals surface area contributed by atoms with Crippen molar-refractivity contribution in [1.82, 2.24) is 14.8 Å². The van der Waals surface area contributed by atoms with E-state index in [2.05, 4.69) is 28.4 Å². The molecule has 0 amide bonds. The van der Waals surface area contributed by atoms with Crippen molar-refractivity contribution >= 4 is 5.69 Å². The minimum Gasteiger partial charge on any atom is -0.379 e. The van der Waals surface area contributed by atoms with Crippen LogP contribution in [0.1, 0.15) is 16.7 Å². The van der Waals surface area contributed by atoms with E-state index < -0.39 is 0 Å². The molecule has 0 aliphatic heterocycles. The molecule has 0 saturated heterocycles. The van der Waals surface area contributed by atoms with Crippen molar-refractivity contribution < 1.29 is 0 Å². The van der Waals surface area contributed by atoms with Crippen LogP contribution in [0.5, 0.6) is 0 Å². The fraction of sp³-hybridized carbons (Fsp3) is 0.167. The van der Waals surface area contributed by atoms with E-state index in [1.807, 2.05) is 49.8 Å². The molecule has 1 aromatic carbocycles. The summed E-state index contributed by atoms with van der Waals surface area (Å²) in [6.45, 7) is 2.71. The molecule has 0 unspecified atom stereocenters. The number of hydrogen-bond donors (Lipinski definition) is 1. The van der Waals surface area contributed by atoms with Gasteiger partial charge in [-0.2, -0.15) is 10.4 Å². The zero-order valence-electron chi connectivity index (χ0n) is 13.1. The summed E-state index contributed by atoms with van der Waals surface area (Å²) in [4.78, 5) is 4.15. The van der Waals surface area contributed by atoms with Crippen LogP contribution in [0.15, 0.2) is 48.9 Å². The fourth-order valence-corrected chi connectivity index (χ4v) is 2.45. The third kappa shape index (κ3) is 3.22. The molecule has 5 heteroatoms. The van der Waals surface area contributed by atoms with Gasteiger partial charge in [0, 0.05) is 37.1 Å². The number of aryl methyl sites for hydroxylation is 2. The van der Waals surface area contributed by atoms with Crippen molar-refractivity contribution in [2.24, 2.45) is 7.05 Å². The molecule has 0 aliphatic carbocycles. The van der Waals surface area contributed by atoms with Crippen LogP contribution in [0, 0.1) is 18.3 Å². The Balaban J connectivity index is 1.86. The number of nitrogens with zero attached hydrogens (tertiary/aromatic N) is 4. The Bertz CT molecular complexity index is 856. The molecule has 2 heterocycles. The maximum atomic E-state index is 8.91. The number of hydrogen-bond acceptors (Lipinski definition) is 4. The summed E-state index contributed by atoms with van der Waals surface area (Å²) in [7, 11) is 1.91.